The summed E-state index contributed by atoms with van der Waals surface area (Å²) in [5, 5.41) is 6.11. The third-order valence-corrected chi connectivity index (χ3v) is 2.15. The van der Waals surface area contributed by atoms with Crippen molar-refractivity contribution in [3.05, 3.63) is 42.1 Å². The summed E-state index contributed by atoms with van der Waals surface area (Å²) in [5.74, 6) is 0.484. The number of carbonyl (C=O) groups is 1. The number of nitrogen functional groups attached to an aromatic ring is 1. The normalized spacial score (nSPS) is 10.0. The maximum absolute atomic E-state index is 11.5. The number of carbonyl (C=O) groups excluding carboxylic acids is 1. The smallest absolute Gasteiger partial charge is 0.356 e. The topological polar surface area (TPSA) is 90.2 Å². The molecule has 0 saturated heterocycles. The second kappa shape index (κ2) is 5.72. The number of ether oxygens (including phenoxy) is 2. The van der Waals surface area contributed by atoms with E-state index in [1.54, 1.807) is 0 Å². The molecule has 0 aliphatic rings. The molecular formula is C12H13N3O3. The Morgan fingerprint density at radius 1 is 1.28 bits per heavy atom. The van der Waals surface area contributed by atoms with Gasteiger partial charge in [-0.15, -0.1) is 0 Å². The predicted molar refractivity (Wildman–Crippen MR) is 65.2 cm³/mol. The molecule has 0 unspecified atom stereocenters. The second-order valence-corrected chi connectivity index (χ2v) is 3.50. The number of H-pyrrole nitrogens is 1. The number of nitrogens with zero attached hydrogens (tertiary/aromatic N) is 1. The van der Waals surface area contributed by atoms with Crippen LogP contribution in [0.5, 0.6) is 5.75 Å². The van der Waals surface area contributed by atoms with Gasteiger partial charge in [-0.2, -0.15) is 5.10 Å². The monoisotopic (exact) mass is 247 g/mol. The van der Waals surface area contributed by atoms with Crippen LogP contribution in [0, 0.1) is 0 Å². The van der Waals surface area contributed by atoms with E-state index in [1.807, 2.05) is 30.3 Å². The third-order valence-electron chi connectivity index (χ3n) is 2.15. The molecule has 18 heavy (non-hydrogen) atoms. The highest BCUT2D eigenvalue weighted by Crippen LogP contribution is 2.08. The molecule has 0 bridgehead atoms. The summed E-state index contributed by atoms with van der Waals surface area (Å²) in [5.41, 5.74) is 5.60. The number of anilines is 1. The standard InChI is InChI=1S/C12H13N3O3/c13-11-8-10(14-15-11)12(16)18-7-6-17-9-4-2-1-3-5-9/h1-5,8H,6-7H2,(H3,13,14,15). The van der Waals surface area contributed by atoms with Crippen LogP contribution >= 0.6 is 0 Å². The predicted octanol–water partition coefficient (Wildman–Crippen LogP) is 1.23. The molecule has 6 nitrogen and oxygen atoms in total. The molecule has 1 aromatic heterocycles. The van der Waals surface area contributed by atoms with E-state index in [0.29, 0.717) is 6.61 Å². The Labute approximate surface area is 104 Å². The average Bonchev–Trinajstić information content (AvgIpc) is 2.82. The van der Waals surface area contributed by atoms with E-state index in [4.69, 9.17) is 15.2 Å². The SMILES string of the molecule is Nc1cc(C(=O)OCCOc2ccccc2)[nH]n1. The van der Waals surface area contributed by atoms with Gasteiger partial charge < -0.3 is 15.2 Å². The van der Waals surface area contributed by atoms with Crippen molar-refractivity contribution in [2.24, 2.45) is 0 Å². The summed E-state index contributed by atoms with van der Waals surface area (Å²) in [6.45, 7) is 0.450. The highest BCUT2D eigenvalue weighted by molar-refractivity contribution is 5.87. The Kier molecular flexibility index (Phi) is 3.80. The summed E-state index contributed by atoms with van der Waals surface area (Å²) in [6, 6.07) is 10.7. The quantitative estimate of drug-likeness (QED) is 0.612. The number of nitrogens with one attached hydrogen (secondary N) is 1. The Morgan fingerprint density at radius 3 is 2.72 bits per heavy atom. The van der Waals surface area contributed by atoms with Gasteiger partial charge in [0.15, 0.2) is 0 Å². The molecular weight excluding hydrogens is 234 g/mol. The molecule has 0 saturated carbocycles. The van der Waals surface area contributed by atoms with Crippen molar-refractivity contribution in [2.45, 2.75) is 0 Å². The van der Waals surface area contributed by atoms with Gasteiger partial charge in [0.05, 0.1) is 0 Å². The van der Waals surface area contributed by atoms with Gasteiger partial charge in [0.25, 0.3) is 0 Å². The summed E-state index contributed by atoms with van der Waals surface area (Å²) in [7, 11) is 0. The molecule has 6 heteroatoms. The maximum atomic E-state index is 11.5. The van der Waals surface area contributed by atoms with Crippen LogP contribution in [0.25, 0.3) is 0 Å². The first-order chi connectivity index (χ1) is 8.75. The molecule has 0 radical (unpaired) electrons. The fourth-order valence-electron chi connectivity index (χ4n) is 1.33. The fraction of sp³-hybridized carbons (Fsp3) is 0.167. The van der Waals surface area contributed by atoms with Crippen molar-refractivity contribution in [1.29, 1.82) is 0 Å². The zero-order chi connectivity index (χ0) is 12.8. The lowest BCUT2D eigenvalue weighted by atomic mass is 10.3. The van der Waals surface area contributed by atoms with Gasteiger partial charge in [0.1, 0.15) is 30.5 Å². The number of rotatable bonds is 5. The molecule has 2 aromatic rings. The molecule has 0 fully saturated rings. The molecule has 0 aliphatic heterocycles. The van der Waals surface area contributed by atoms with Gasteiger partial charge in [-0.3, -0.25) is 5.10 Å². The van der Waals surface area contributed by atoms with Crippen LogP contribution in [0.2, 0.25) is 0 Å². The van der Waals surface area contributed by atoms with Crippen molar-refractivity contribution in [3.8, 4) is 5.75 Å². The summed E-state index contributed by atoms with van der Waals surface area (Å²) in [4.78, 5) is 11.5. The molecule has 1 heterocycles. The lowest BCUT2D eigenvalue weighted by Gasteiger charge is -2.06. The van der Waals surface area contributed by atoms with E-state index in [1.165, 1.54) is 6.07 Å². The number of aromatic amines is 1. The zero-order valence-electron chi connectivity index (χ0n) is 9.63. The lowest BCUT2D eigenvalue weighted by molar-refractivity contribution is 0.0443. The van der Waals surface area contributed by atoms with Gasteiger partial charge >= 0.3 is 5.97 Å². The Hall–Kier alpha value is -2.50. The van der Waals surface area contributed by atoms with E-state index < -0.39 is 5.97 Å². The largest absolute Gasteiger partial charge is 0.490 e. The average molecular weight is 247 g/mol. The van der Waals surface area contributed by atoms with E-state index in [2.05, 4.69) is 10.2 Å². The van der Waals surface area contributed by atoms with Crippen LogP contribution in [-0.2, 0) is 4.74 Å². The van der Waals surface area contributed by atoms with Gasteiger partial charge in [-0.25, -0.2) is 4.79 Å². The highest BCUT2D eigenvalue weighted by atomic mass is 16.6. The van der Waals surface area contributed by atoms with Crippen molar-refractivity contribution in [3.63, 3.8) is 0 Å². The number of nitrogens with two attached hydrogens (primary N) is 1. The molecule has 94 valence electrons. The summed E-state index contributed by atoms with van der Waals surface area (Å²) in [6.07, 6.45) is 0. The minimum atomic E-state index is -0.504. The molecule has 0 spiro atoms. The third kappa shape index (κ3) is 3.24. The van der Waals surface area contributed by atoms with Crippen LogP contribution in [0.15, 0.2) is 36.4 Å². The number of para-hydroxylation sites is 1. The minimum absolute atomic E-state index is 0.159. The summed E-state index contributed by atoms with van der Waals surface area (Å²) < 4.78 is 10.3. The molecule has 1 aromatic carbocycles. The van der Waals surface area contributed by atoms with Gasteiger partial charge in [0.2, 0.25) is 0 Å². The fourth-order valence-corrected chi connectivity index (χ4v) is 1.33. The van der Waals surface area contributed by atoms with Crippen molar-refractivity contribution >= 4 is 11.8 Å². The van der Waals surface area contributed by atoms with E-state index in [9.17, 15) is 4.79 Å². The first kappa shape index (κ1) is 12.0. The number of benzene rings is 1. The van der Waals surface area contributed by atoms with Crippen LogP contribution in [0.3, 0.4) is 0 Å². The van der Waals surface area contributed by atoms with Crippen molar-refractivity contribution < 1.29 is 14.3 Å². The van der Waals surface area contributed by atoms with Gasteiger partial charge in [-0.1, -0.05) is 18.2 Å². The van der Waals surface area contributed by atoms with Crippen LogP contribution < -0.4 is 10.5 Å². The van der Waals surface area contributed by atoms with Crippen LogP contribution in [-0.4, -0.2) is 29.4 Å². The van der Waals surface area contributed by atoms with E-state index >= 15 is 0 Å². The molecule has 0 aliphatic carbocycles. The van der Waals surface area contributed by atoms with Crippen molar-refractivity contribution in [2.75, 3.05) is 18.9 Å². The van der Waals surface area contributed by atoms with Crippen LogP contribution in [0.1, 0.15) is 10.5 Å². The first-order valence-electron chi connectivity index (χ1n) is 5.41. The number of hydrogen-bond donors (Lipinski definition) is 2. The minimum Gasteiger partial charge on any atom is -0.490 e. The van der Waals surface area contributed by atoms with E-state index in [-0.39, 0.29) is 18.1 Å². The maximum Gasteiger partial charge on any atom is 0.356 e. The lowest BCUT2D eigenvalue weighted by Crippen LogP contribution is -2.12. The van der Waals surface area contributed by atoms with Crippen LogP contribution in [0.4, 0.5) is 5.82 Å². The number of hydrogen-bond acceptors (Lipinski definition) is 5. The second-order valence-electron chi connectivity index (χ2n) is 3.50. The molecule has 0 amide bonds. The Morgan fingerprint density at radius 2 is 2.06 bits per heavy atom. The molecule has 2 rings (SSSR count). The number of aromatic nitrogens is 2. The first-order valence-corrected chi connectivity index (χ1v) is 5.41. The van der Waals surface area contributed by atoms with Crippen molar-refractivity contribution in [1.82, 2.24) is 10.2 Å². The van der Waals surface area contributed by atoms with Gasteiger partial charge in [-0.05, 0) is 12.1 Å². The summed E-state index contributed by atoms with van der Waals surface area (Å²) >= 11 is 0. The van der Waals surface area contributed by atoms with E-state index in [0.717, 1.165) is 5.75 Å². The Balaban J connectivity index is 1.71. The highest BCUT2D eigenvalue weighted by Gasteiger charge is 2.09. The zero-order valence-corrected chi connectivity index (χ0v) is 9.63. The Bertz CT molecular complexity index is 510. The van der Waals surface area contributed by atoms with Gasteiger partial charge in [0, 0.05) is 6.07 Å². The number of esters is 1. The molecule has 0 atom stereocenters. The molecule has 3 N–H and O–H groups in total.